The molecule has 2 aliphatic heterocycles. The molecule has 2 aliphatic rings. The predicted octanol–water partition coefficient (Wildman–Crippen LogP) is 2.88. The van der Waals surface area contributed by atoms with E-state index in [9.17, 15) is 0 Å². The maximum Gasteiger partial charge on any atom is 0.222 e. The number of thiophene rings is 1. The Labute approximate surface area is 165 Å². The van der Waals surface area contributed by atoms with Gasteiger partial charge in [-0.2, -0.15) is 0 Å². The first-order valence-electron chi connectivity index (χ1n) is 10.00. The fourth-order valence-corrected chi connectivity index (χ4v) is 4.47. The molecule has 4 rings (SSSR count). The molecule has 0 saturated carbocycles. The molecule has 2 fully saturated rings. The van der Waals surface area contributed by atoms with E-state index in [0.717, 1.165) is 57.7 Å². The summed E-state index contributed by atoms with van der Waals surface area (Å²) in [6.45, 7) is 5.93. The first kappa shape index (κ1) is 18.8. The van der Waals surface area contributed by atoms with Crippen molar-refractivity contribution in [3.8, 4) is 0 Å². The van der Waals surface area contributed by atoms with Crippen LogP contribution in [0.1, 0.15) is 36.1 Å². The molecule has 0 spiro atoms. The van der Waals surface area contributed by atoms with Crippen LogP contribution in [0.5, 0.6) is 0 Å². The van der Waals surface area contributed by atoms with Gasteiger partial charge in [0.1, 0.15) is 0 Å². The van der Waals surface area contributed by atoms with Crippen molar-refractivity contribution in [1.29, 1.82) is 0 Å². The topological polar surface area (TPSA) is 62.3 Å². The molecule has 6 nitrogen and oxygen atoms in total. The quantitative estimate of drug-likeness (QED) is 0.726. The van der Waals surface area contributed by atoms with Crippen molar-refractivity contribution in [1.82, 2.24) is 20.2 Å². The van der Waals surface area contributed by atoms with E-state index in [0.29, 0.717) is 18.1 Å². The summed E-state index contributed by atoms with van der Waals surface area (Å²) in [5.74, 6) is 0.691. The van der Waals surface area contributed by atoms with Crippen LogP contribution in [0.25, 0.3) is 0 Å². The van der Waals surface area contributed by atoms with Crippen molar-refractivity contribution < 1.29 is 4.74 Å². The van der Waals surface area contributed by atoms with Crippen molar-refractivity contribution in [2.24, 2.45) is 0 Å². The van der Waals surface area contributed by atoms with Gasteiger partial charge in [0.25, 0.3) is 0 Å². The van der Waals surface area contributed by atoms with Gasteiger partial charge in [-0.3, -0.25) is 4.90 Å². The molecular formula is C20H29N5OS. The van der Waals surface area contributed by atoms with Crippen LogP contribution in [0.4, 0.5) is 5.95 Å². The fourth-order valence-electron chi connectivity index (χ4n) is 3.73. The minimum absolute atomic E-state index is 0.306. The van der Waals surface area contributed by atoms with E-state index in [1.54, 1.807) is 0 Å². The highest BCUT2D eigenvalue weighted by molar-refractivity contribution is 7.09. The average Bonchev–Trinajstić information content (AvgIpc) is 3.41. The number of anilines is 1. The van der Waals surface area contributed by atoms with Crippen LogP contribution in [0.2, 0.25) is 0 Å². The van der Waals surface area contributed by atoms with Crippen LogP contribution in [0.15, 0.2) is 29.9 Å². The van der Waals surface area contributed by atoms with Crippen LogP contribution in [0.3, 0.4) is 0 Å². The Morgan fingerprint density at radius 2 is 2.04 bits per heavy atom. The second-order valence-corrected chi connectivity index (χ2v) is 8.47. The largest absolute Gasteiger partial charge is 0.376 e. The number of hydrogen-bond acceptors (Lipinski definition) is 7. The molecular weight excluding hydrogens is 358 g/mol. The van der Waals surface area contributed by atoms with E-state index < -0.39 is 0 Å². The van der Waals surface area contributed by atoms with Crippen molar-refractivity contribution in [2.75, 3.05) is 31.6 Å². The van der Waals surface area contributed by atoms with Crippen molar-refractivity contribution in [3.05, 3.63) is 40.3 Å². The van der Waals surface area contributed by atoms with E-state index in [1.165, 1.54) is 17.7 Å². The van der Waals surface area contributed by atoms with Crippen LogP contribution in [-0.2, 0) is 17.8 Å². The zero-order valence-electron chi connectivity index (χ0n) is 15.8. The number of piperidine rings is 1. The van der Waals surface area contributed by atoms with Gasteiger partial charge in [0, 0.05) is 55.1 Å². The molecule has 0 aromatic carbocycles. The maximum atomic E-state index is 5.61. The Morgan fingerprint density at radius 3 is 2.74 bits per heavy atom. The Bertz CT molecular complexity index is 664. The van der Waals surface area contributed by atoms with Gasteiger partial charge in [0.15, 0.2) is 0 Å². The van der Waals surface area contributed by atoms with E-state index in [-0.39, 0.29) is 0 Å². The molecule has 0 aliphatic carbocycles. The monoisotopic (exact) mass is 387 g/mol. The second kappa shape index (κ2) is 9.59. The van der Waals surface area contributed by atoms with Gasteiger partial charge in [0.2, 0.25) is 5.95 Å². The normalized spacial score (nSPS) is 21.6. The highest BCUT2D eigenvalue weighted by atomic mass is 32.1. The number of nitrogens with zero attached hydrogens (tertiary/aromatic N) is 3. The first-order valence-corrected chi connectivity index (χ1v) is 10.9. The highest BCUT2D eigenvalue weighted by Gasteiger charge is 2.19. The van der Waals surface area contributed by atoms with Gasteiger partial charge in [0.05, 0.1) is 6.10 Å². The SMILES string of the molecule is c1csc(CN2CCC(NCc3cnc(NCC4CCCO4)nc3)CC2)c1. The third-order valence-corrected chi connectivity index (χ3v) is 6.22. The van der Waals surface area contributed by atoms with E-state index in [1.807, 2.05) is 23.7 Å². The molecule has 2 aromatic rings. The molecule has 1 unspecified atom stereocenters. The lowest BCUT2D eigenvalue weighted by Crippen LogP contribution is -2.41. The van der Waals surface area contributed by atoms with Crippen LogP contribution in [0, 0.1) is 0 Å². The summed E-state index contributed by atoms with van der Waals surface area (Å²) < 4.78 is 5.61. The molecule has 4 heterocycles. The molecule has 27 heavy (non-hydrogen) atoms. The Balaban J connectivity index is 1.15. The van der Waals surface area contributed by atoms with Gasteiger partial charge in [-0.1, -0.05) is 6.07 Å². The van der Waals surface area contributed by atoms with Crippen LogP contribution in [-0.4, -0.2) is 53.3 Å². The van der Waals surface area contributed by atoms with Crippen molar-refractivity contribution in [3.63, 3.8) is 0 Å². The summed E-state index contributed by atoms with van der Waals surface area (Å²) in [7, 11) is 0. The Kier molecular flexibility index (Phi) is 6.68. The minimum Gasteiger partial charge on any atom is -0.376 e. The molecule has 2 aromatic heterocycles. The number of likely N-dealkylation sites (tertiary alicyclic amines) is 1. The molecule has 2 saturated heterocycles. The summed E-state index contributed by atoms with van der Waals surface area (Å²) in [6.07, 6.45) is 8.83. The predicted molar refractivity (Wildman–Crippen MR) is 109 cm³/mol. The zero-order chi connectivity index (χ0) is 18.3. The smallest absolute Gasteiger partial charge is 0.222 e. The van der Waals surface area contributed by atoms with E-state index in [4.69, 9.17) is 4.74 Å². The Hall–Kier alpha value is -1.54. The third-order valence-electron chi connectivity index (χ3n) is 5.36. The van der Waals surface area contributed by atoms with Crippen molar-refractivity contribution in [2.45, 2.75) is 50.9 Å². The molecule has 0 amide bonds. The van der Waals surface area contributed by atoms with Crippen molar-refractivity contribution >= 4 is 17.3 Å². The first-order chi connectivity index (χ1) is 13.3. The lowest BCUT2D eigenvalue weighted by Gasteiger charge is -2.32. The number of hydrogen-bond donors (Lipinski definition) is 2. The number of nitrogens with one attached hydrogen (secondary N) is 2. The molecule has 7 heteroatoms. The Morgan fingerprint density at radius 1 is 1.19 bits per heavy atom. The van der Waals surface area contributed by atoms with E-state index >= 15 is 0 Å². The fraction of sp³-hybridized carbons (Fsp3) is 0.600. The summed E-state index contributed by atoms with van der Waals surface area (Å²) in [6, 6.07) is 4.95. The lowest BCUT2D eigenvalue weighted by atomic mass is 10.0. The average molecular weight is 388 g/mol. The number of aromatic nitrogens is 2. The lowest BCUT2D eigenvalue weighted by molar-refractivity contribution is 0.120. The highest BCUT2D eigenvalue weighted by Crippen LogP contribution is 2.17. The van der Waals surface area contributed by atoms with E-state index in [2.05, 4.69) is 43.0 Å². The molecule has 0 radical (unpaired) electrons. The number of rotatable bonds is 8. The minimum atomic E-state index is 0.306. The molecule has 0 bridgehead atoms. The van der Waals surface area contributed by atoms with Crippen LogP contribution >= 0.6 is 11.3 Å². The zero-order valence-corrected chi connectivity index (χ0v) is 16.6. The summed E-state index contributed by atoms with van der Waals surface area (Å²) in [5, 5.41) is 9.10. The summed E-state index contributed by atoms with van der Waals surface area (Å²) in [5.41, 5.74) is 1.14. The summed E-state index contributed by atoms with van der Waals surface area (Å²) in [4.78, 5) is 12.9. The van der Waals surface area contributed by atoms with Gasteiger partial charge in [-0.25, -0.2) is 9.97 Å². The van der Waals surface area contributed by atoms with Gasteiger partial charge in [-0.15, -0.1) is 11.3 Å². The van der Waals surface area contributed by atoms with Gasteiger partial charge in [-0.05, 0) is 50.2 Å². The summed E-state index contributed by atoms with van der Waals surface area (Å²) >= 11 is 1.85. The maximum absolute atomic E-state index is 5.61. The standard InChI is InChI=1S/C20H29N5OS/c1-3-18(26-9-1)14-24-20-22-12-16(13-23-20)11-21-17-5-7-25(8-6-17)15-19-4-2-10-27-19/h2,4,10,12-13,17-18,21H,1,3,5-9,11,14-15H2,(H,22,23,24). The molecule has 146 valence electrons. The van der Waals surface area contributed by atoms with Crippen LogP contribution < -0.4 is 10.6 Å². The van der Waals surface area contributed by atoms with Gasteiger partial charge >= 0.3 is 0 Å². The second-order valence-electron chi connectivity index (χ2n) is 7.44. The molecule has 1 atom stereocenters. The van der Waals surface area contributed by atoms with Gasteiger partial charge < -0.3 is 15.4 Å². The number of ether oxygens (including phenoxy) is 1. The third kappa shape index (κ3) is 5.72. The molecule has 2 N–H and O–H groups in total.